The lowest BCUT2D eigenvalue weighted by Gasteiger charge is -2.35. The smallest absolute Gasteiger partial charge is 0.195 e. The molecule has 0 saturated carbocycles. The minimum atomic E-state index is -0.106. The number of ketones is 1. The second-order valence-corrected chi connectivity index (χ2v) is 13.5. The van der Waals surface area contributed by atoms with Gasteiger partial charge in [-0.25, -0.2) is 0 Å². The predicted molar refractivity (Wildman–Crippen MR) is 177 cm³/mol. The Morgan fingerprint density at radius 2 is 1.61 bits per heavy atom. The number of thiophene rings is 1. The molecule has 7 nitrogen and oxygen atoms in total. The summed E-state index contributed by atoms with van der Waals surface area (Å²) in [7, 11) is 1.60. The number of ether oxygens (including phenoxy) is 3. The normalized spacial score (nSPS) is 16.1. The van der Waals surface area contributed by atoms with Gasteiger partial charge in [-0.15, -0.1) is 11.3 Å². The van der Waals surface area contributed by atoms with Crippen molar-refractivity contribution >= 4 is 27.2 Å². The molecule has 0 amide bonds. The van der Waals surface area contributed by atoms with E-state index in [2.05, 4.69) is 23.6 Å². The molecule has 8 heteroatoms. The second kappa shape index (κ2) is 13.2. The molecule has 2 aliphatic heterocycles. The third kappa shape index (κ3) is 6.58. The summed E-state index contributed by atoms with van der Waals surface area (Å²) in [5, 5.41) is 11.0. The molecule has 1 aromatic heterocycles. The Labute approximate surface area is 264 Å². The summed E-state index contributed by atoms with van der Waals surface area (Å²) in [5.41, 5.74) is 1.96. The number of hydrogen-bond acceptors (Lipinski definition) is 8. The fourth-order valence-electron chi connectivity index (χ4n) is 6.26. The number of carbonyl (C=O) groups is 1. The van der Waals surface area contributed by atoms with Crippen molar-refractivity contribution in [1.29, 1.82) is 0 Å². The third-order valence-corrected chi connectivity index (χ3v) is 10.1. The van der Waals surface area contributed by atoms with Gasteiger partial charge >= 0.3 is 0 Å². The van der Waals surface area contributed by atoms with Crippen LogP contribution in [0.1, 0.15) is 55.5 Å². The summed E-state index contributed by atoms with van der Waals surface area (Å²) in [6.07, 6.45) is 4.98. The van der Waals surface area contributed by atoms with Gasteiger partial charge in [0.1, 0.15) is 24.7 Å². The first-order valence-electron chi connectivity index (χ1n) is 15.6. The van der Waals surface area contributed by atoms with Crippen LogP contribution in [0.3, 0.4) is 0 Å². The van der Waals surface area contributed by atoms with E-state index in [1.807, 2.05) is 42.5 Å². The van der Waals surface area contributed by atoms with E-state index in [-0.39, 0.29) is 17.1 Å². The van der Waals surface area contributed by atoms with Crippen molar-refractivity contribution in [2.24, 2.45) is 0 Å². The molecule has 0 spiro atoms. The van der Waals surface area contributed by atoms with Crippen molar-refractivity contribution in [3.63, 3.8) is 0 Å². The highest BCUT2D eigenvalue weighted by atomic mass is 32.1. The Kier molecular flexibility index (Phi) is 9.12. The quantitative estimate of drug-likeness (QED) is 0.169. The van der Waals surface area contributed by atoms with E-state index in [4.69, 9.17) is 14.2 Å². The SMILES string of the molecule is COc1cc(C(=O)c2c(-c3ccc(OCCN4CCCC4)cc3)sc3cc(O)ccc23)ccc1OCC(C)(C)N1CCCC1. The van der Waals surface area contributed by atoms with Crippen LogP contribution in [0, 0.1) is 0 Å². The summed E-state index contributed by atoms with van der Waals surface area (Å²) >= 11 is 1.50. The van der Waals surface area contributed by atoms with E-state index >= 15 is 0 Å². The van der Waals surface area contributed by atoms with Crippen molar-refractivity contribution in [2.45, 2.75) is 45.1 Å². The zero-order valence-electron chi connectivity index (χ0n) is 25.9. The number of phenols is 1. The molecule has 0 unspecified atom stereocenters. The van der Waals surface area contributed by atoms with Gasteiger partial charge in [-0.2, -0.15) is 0 Å². The lowest BCUT2D eigenvalue weighted by molar-refractivity contribution is 0.0878. The van der Waals surface area contributed by atoms with E-state index in [0.29, 0.717) is 35.8 Å². The van der Waals surface area contributed by atoms with Crippen LogP contribution in [-0.2, 0) is 0 Å². The zero-order chi connectivity index (χ0) is 30.7. The highest BCUT2D eigenvalue weighted by Crippen LogP contribution is 2.42. The number of benzene rings is 3. The topological polar surface area (TPSA) is 71.5 Å². The molecule has 2 aliphatic rings. The standard InChI is InChI=1S/C36H42N2O5S/c1-36(2,38-18-6-7-19-38)24-43-30-15-10-26(22-31(30)41-3)34(40)33-29-14-11-27(39)23-32(29)44-35(33)25-8-12-28(13-9-25)42-21-20-37-16-4-5-17-37/h8-15,22-23,39H,4-7,16-21,24H2,1-3H3. The number of phenolic OH excluding ortho intramolecular Hbond substituents is 1. The minimum Gasteiger partial charge on any atom is -0.508 e. The molecule has 2 fully saturated rings. The maximum Gasteiger partial charge on any atom is 0.195 e. The first-order chi connectivity index (χ1) is 21.3. The first-order valence-corrected chi connectivity index (χ1v) is 16.5. The molecule has 0 aliphatic carbocycles. The number of carbonyl (C=O) groups excluding carboxylic acids is 1. The predicted octanol–water partition coefficient (Wildman–Crippen LogP) is 7.24. The van der Waals surface area contributed by atoms with E-state index < -0.39 is 0 Å². The van der Waals surface area contributed by atoms with E-state index in [9.17, 15) is 9.90 Å². The zero-order valence-corrected chi connectivity index (χ0v) is 26.8. The van der Waals surface area contributed by atoms with Gasteiger partial charge in [-0.1, -0.05) is 0 Å². The molecular formula is C36H42N2O5S. The van der Waals surface area contributed by atoms with Gasteiger partial charge in [-0.05, 0) is 132 Å². The number of likely N-dealkylation sites (tertiary alicyclic amines) is 2. The van der Waals surface area contributed by atoms with Gasteiger partial charge in [0.15, 0.2) is 17.3 Å². The fourth-order valence-corrected chi connectivity index (χ4v) is 7.49. The van der Waals surface area contributed by atoms with Gasteiger partial charge in [0.2, 0.25) is 0 Å². The highest BCUT2D eigenvalue weighted by molar-refractivity contribution is 7.22. The van der Waals surface area contributed by atoms with Gasteiger partial charge < -0.3 is 19.3 Å². The number of fused-ring (bicyclic) bond motifs is 1. The number of hydrogen-bond donors (Lipinski definition) is 1. The van der Waals surface area contributed by atoms with Crippen molar-refractivity contribution in [2.75, 3.05) is 53.0 Å². The van der Waals surface area contributed by atoms with Crippen molar-refractivity contribution < 1.29 is 24.1 Å². The summed E-state index contributed by atoms with van der Waals surface area (Å²) in [6, 6.07) is 18.5. The molecule has 0 bridgehead atoms. The van der Waals surface area contributed by atoms with E-state index in [1.54, 1.807) is 25.3 Å². The molecular weight excluding hydrogens is 572 g/mol. The monoisotopic (exact) mass is 614 g/mol. The third-order valence-electron chi connectivity index (χ3n) is 8.86. The number of aromatic hydroxyl groups is 1. The van der Waals surface area contributed by atoms with Crippen LogP contribution in [0.25, 0.3) is 20.5 Å². The van der Waals surface area contributed by atoms with Crippen molar-refractivity contribution in [3.8, 4) is 33.4 Å². The van der Waals surface area contributed by atoms with Crippen LogP contribution in [0.4, 0.5) is 0 Å². The largest absolute Gasteiger partial charge is 0.508 e. The van der Waals surface area contributed by atoms with Gasteiger partial charge in [0.25, 0.3) is 0 Å². The molecule has 1 N–H and O–H groups in total. The Balaban J connectivity index is 1.24. The van der Waals surface area contributed by atoms with Gasteiger partial charge in [0.05, 0.1) is 7.11 Å². The average Bonchev–Trinajstić information content (AvgIpc) is 3.82. The molecule has 4 aromatic rings. The molecule has 0 atom stereocenters. The fraction of sp³-hybridized carbons (Fsp3) is 0.417. The second-order valence-electron chi connectivity index (χ2n) is 12.4. The van der Waals surface area contributed by atoms with Crippen molar-refractivity contribution in [1.82, 2.24) is 9.80 Å². The maximum absolute atomic E-state index is 14.2. The molecule has 232 valence electrons. The number of rotatable bonds is 12. The highest BCUT2D eigenvalue weighted by Gasteiger charge is 2.30. The van der Waals surface area contributed by atoms with Crippen LogP contribution >= 0.6 is 11.3 Å². The van der Waals surface area contributed by atoms with Gasteiger partial charge in [0, 0.05) is 38.2 Å². The Morgan fingerprint density at radius 3 is 2.34 bits per heavy atom. The Morgan fingerprint density at radius 1 is 0.886 bits per heavy atom. The minimum absolute atomic E-state index is 0.0967. The van der Waals surface area contributed by atoms with Crippen LogP contribution in [0.2, 0.25) is 0 Å². The van der Waals surface area contributed by atoms with Crippen LogP contribution in [0.15, 0.2) is 60.7 Å². The Hall–Kier alpha value is -3.59. The van der Waals surface area contributed by atoms with Crippen molar-refractivity contribution in [3.05, 3.63) is 71.8 Å². The van der Waals surface area contributed by atoms with Crippen LogP contribution < -0.4 is 14.2 Å². The molecule has 6 rings (SSSR count). The lowest BCUT2D eigenvalue weighted by atomic mass is 9.97. The number of methoxy groups -OCH3 is 1. The summed E-state index contributed by atoms with van der Waals surface area (Å²) in [6.45, 7) is 11.0. The summed E-state index contributed by atoms with van der Waals surface area (Å²) in [5.74, 6) is 2.03. The van der Waals surface area contributed by atoms with Crippen LogP contribution in [-0.4, -0.2) is 79.3 Å². The molecule has 3 heterocycles. The molecule has 3 aromatic carbocycles. The van der Waals surface area contributed by atoms with E-state index in [0.717, 1.165) is 59.0 Å². The average molecular weight is 615 g/mol. The maximum atomic E-state index is 14.2. The molecule has 2 saturated heterocycles. The summed E-state index contributed by atoms with van der Waals surface area (Å²) in [4.78, 5) is 20.0. The molecule has 44 heavy (non-hydrogen) atoms. The lowest BCUT2D eigenvalue weighted by Crippen LogP contribution is -2.46. The first kappa shape index (κ1) is 30.4. The molecule has 0 radical (unpaired) electrons. The van der Waals surface area contributed by atoms with Gasteiger partial charge in [-0.3, -0.25) is 14.6 Å². The summed E-state index contributed by atoms with van der Waals surface area (Å²) < 4.78 is 18.8. The van der Waals surface area contributed by atoms with E-state index in [1.165, 1.54) is 37.0 Å². The number of nitrogens with zero attached hydrogens (tertiary/aromatic N) is 2. The van der Waals surface area contributed by atoms with Crippen LogP contribution in [0.5, 0.6) is 23.0 Å². The Bertz CT molecular complexity index is 1600.